The van der Waals surface area contributed by atoms with Gasteiger partial charge in [-0.3, -0.25) is 9.59 Å². The predicted molar refractivity (Wildman–Crippen MR) is 54.8 cm³/mol. The van der Waals surface area contributed by atoms with Crippen LogP contribution in [0.3, 0.4) is 0 Å². The summed E-state index contributed by atoms with van der Waals surface area (Å²) in [5.74, 6) is -0.315. The number of aromatic hydroxyl groups is 1. The molecule has 0 bridgehead atoms. The van der Waals surface area contributed by atoms with Crippen molar-refractivity contribution >= 4 is 17.4 Å². The minimum absolute atomic E-state index is 0.0399. The van der Waals surface area contributed by atoms with E-state index in [4.69, 9.17) is 0 Å². The molecule has 1 N–H and O–H groups in total. The number of para-hydroxylation sites is 1. The average molecular weight is 205 g/mol. The Morgan fingerprint density at radius 1 is 1.33 bits per heavy atom. The van der Waals surface area contributed by atoms with Crippen molar-refractivity contribution in [2.45, 2.75) is 13.3 Å². The molecule has 0 spiro atoms. The van der Waals surface area contributed by atoms with E-state index in [0.29, 0.717) is 5.69 Å². The van der Waals surface area contributed by atoms with Gasteiger partial charge in [-0.25, -0.2) is 0 Å². The van der Waals surface area contributed by atoms with E-state index >= 15 is 0 Å². The third-order valence-corrected chi connectivity index (χ3v) is 2.47. The number of benzene rings is 1. The maximum Gasteiger partial charge on any atom is 0.235 e. The van der Waals surface area contributed by atoms with Gasteiger partial charge in [0, 0.05) is 0 Å². The zero-order valence-corrected chi connectivity index (χ0v) is 8.36. The van der Waals surface area contributed by atoms with Gasteiger partial charge in [0.15, 0.2) is 5.78 Å². The fraction of sp³-hybridized carbons (Fsp3) is 0.273. The van der Waals surface area contributed by atoms with E-state index in [0.717, 1.165) is 5.56 Å². The average Bonchev–Trinajstić information content (AvgIpc) is 2.45. The number of amides is 1. The normalized spacial score (nSPS) is 16.2. The number of rotatable bonds is 1. The maximum absolute atomic E-state index is 11.5. The molecule has 1 amide bonds. The quantitative estimate of drug-likeness (QED) is 0.696. The molecule has 4 nitrogen and oxygen atoms in total. The van der Waals surface area contributed by atoms with Crippen LogP contribution < -0.4 is 4.90 Å². The van der Waals surface area contributed by atoms with Crippen LogP contribution >= 0.6 is 0 Å². The van der Waals surface area contributed by atoms with Crippen molar-refractivity contribution in [3.63, 3.8) is 0 Å². The van der Waals surface area contributed by atoms with E-state index in [1.165, 1.54) is 11.0 Å². The molecular formula is C11H11NO3. The van der Waals surface area contributed by atoms with Gasteiger partial charge in [0.2, 0.25) is 5.91 Å². The first-order chi connectivity index (χ1) is 7.09. The van der Waals surface area contributed by atoms with Gasteiger partial charge in [-0.15, -0.1) is 0 Å². The highest BCUT2D eigenvalue weighted by Crippen LogP contribution is 2.32. The number of nitrogens with zero attached hydrogens (tertiary/aromatic N) is 1. The zero-order chi connectivity index (χ0) is 11.0. The second kappa shape index (κ2) is 3.38. The second-order valence-corrected chi connectivity index (χ2v) is 3.64. The van der Waals surface area contributed by atoms with E-state index in [2.05, 4.69) is 0 Å². The predicted octanol–water partition coefficient (Wildman–Crippen LogP) is 1.01. The Morgan fingerprint density at radius 2 is 2.07 bits per heavy atom. The summed E-state index contributed by atoms with van der Waals surface area (Å²) in [6.07, 6.45) is -0.0617. The van der Waals surface area contributed by atoms with Gasteiger partial charge in [-0.1, -0.05) is 12.1 Å². The Labute approximate surface area is 87.1 Å². The van der Waals surface area contributed by atoms with Gasteiger partial charge in [-0.05, 0) is 18.6 Å². The van der Waals surface area contributed by atoms with Gasteiger partial charge >= 0.3 is 0 Å². The highest BCUT2D eigenvalue weighted by Gasteiger charge is 2.30. The number of phenols is 1. The summed E-state index contributed by atoms with van der Waals surface area (Å²) < 4.78 is 0. The molecule has 0 atom stereocenters. The van der Waals surface area contributed by atoms with Gasteiger partial charge in [0.05, 0.1) is 18.7 Å². The molecule has 15 heavy (non-hydrogen) atoms. The van der Waals surface area contributed by atoms with Crippen molar-refractivity contribution in [3.8, 4) is 5.75 Å². The first kappa shape index (κ1) is 9.71. The SMILES string of the molecule is Cc1cccc(O)c1N1CC(=O)CC1=O. The summed E-state index contributed by atoms with van der Waals surface area (Å²) in [6.45, 7) is 1.86. The van der Waals surface area contributed by atoms with Gasteiger partial charge < -0.3 is 10.0 Å². The van der Waals surface area contributed by atoms with Crippen LogP contribution in [0, 0.1) is 6.92 Å². The first-order valence-corrected chi connectivity index (χ1v) is 4.70. The lowest BCUT2D eigenvalue weighted by Gasteiger charge is -2.18. The molecule has 0 aromatic heterocycles. The number of hydrogen-bond donors (Lipinski definition) is 1. The Kier molecular flexibility index (Phi) is 2.19. The molecule has 0 radical (unpaired) electrons. The number of aryl methyl sites for hydroxylation is 1. The number of hydrogen-bond acceptors (Lipinski definition) is 3. The van der Waals surface area contributed by atoms with Crippen LogP contribution in [0.5, 0.6) is 5.75 Å². The van der Waals surface area contributed by atoms with Crippen LogP contribution in [0.15, 0.2) is 18.2 Å². The Morgan fingerprint density at radius 3 is 2.60 bits per heavy atom. The third-order valence-electron chi connectivity index (χ3n) is 2.47. The molecule has 1 aliphatic heterocycles. The van der Waals surface area contributed by atoms with Gasteiger partial charge in [0.25, 0.3) is 0 Å². The van der Waals surface area contributed by atoms with Crippen molar-refractivity contribution in [1.82, 2.24) is 0 Å². The minimum Gasteiger partial charge on any atom is -0.506 e. The van der Waals surface area contributed by atoms with Crippen LogP contribution in [-0.4, -0.2) is 23.3 Å². The fourth-order valence-electron chi connectivity index (χ4n) is 1.78. The monoisotopic (exact) mass is 205 g/mol. The number of ketones is 1. The molecule has 1 aliphatic rings. The van der Waals surface area contributed by atoms with Crippen LogP contribution in [0.1, 0.15) is 12.0 Å². The van der Waals surface area contributed by atoms with Crippen molar-refractivity contribution < 1.29 is 14.7 Å². The number of Topliss-reactive ketones (excluding diaryl/α,β-unsaturated/α-hetero) is 1. The lowest BCUT2D eigenvalue weighted by molar-refractivity contribution is -0.121. The van der Waals surface area contributed by atoms with Crippen molar-refractivity contribution in [3.05, 3.63) is 23.8 Å². The number of carbonyl (C=O) groups excluding carboxylic acids is 2. The molecular weight excluding hydrogens is 194 g/mol. The molecule has 0 unspecified atom stereocenters. The highest BCUT2D eigenvalue weighted by molar-refractivity contribution is 6.15. The second-order valence-electron chi connectivity index (χ2n) is 3.64. The molecule has 1 heterocycles. The van der Waals surface area contributed by atoms with E-state index in [1.54, 1.807) is 19.1 Å². The van der Waals surface area contributed by atoms with Crippen LogP contribution in [0.2, 0.25) is 0 Å². The molecule has 1 saturated heterocycles. The molecule has 2 rings (SSSR count). The smallest absolute Gasteiger partial charge is 0.235 e. The maximum atomic E-state index is 11.5. The zero-order valence-electron chi connectivity index (χ0n) is 8.36. The third kappa shape index (κ3) is 1.58. The van der Waals surface area contributed by atoms with Gasteiger partial charge in [0.1, 0.15) is 5.75 Å². The molecule has 1 fully saturated rings. The minimum atomic E-state index is -0.246. The Hall–Kier alpha value is -1.84. The molecule has 0 aliphatic carbocycles. The van der Waals surface area contributed by atoms with E-state index in [9.17, 15) is 14.7 Å². The molecule has 4 heteroatoms. The van der Waals surface area contributed by atoms with Crippen molar-refractivity contribution in [1.29, 1.82) is 0 Å². The van der Waals surface area contributed by atoms with Crippen LogP contribution in [-0.2, 0) is 9.59 Å². The van der Waals surface area contributed by atoms with Crippen molar-refractivity contribution in [2.75, 3.05) is 11.4 Å². The van der Waals surface area contributed by atoms with Crippen LogP contribution in [0.25, 0.3) is 0 Å². The van der Waals surface area contributed by atoms with E-state index in [1.807, 2.05) is 0 Å². The lowest BCUT2D eigenvalue weighted by atomic mass is 10.1. The Balaban J connectivity index is 2.46. The van der Waals surface area contributed by atoms with E-state index < -0.39 is 0 Å². The molecule has 1 aromatic carbocycles. The number of anilines is 1. The largest absolute Gasteiger partial charge is 0.506 e. The van der Waals surface area contributed by atoms with Gasteiger partial charge in [-0.2, -0.15) is 0 Å². The summed E-state index contributed by atoms with van der Waals surface area (Å²) in [4.78, 5) is 23.9. The molecule has 0 saturated carbocycles. The summed E-state index contributed by atoms with van der Waals surface area (Å²) in [5.41, 5.74) is 1.24. The van der Waals surface area contributed by atoms with Crippen LogP contribution in [0.4, 0.5) is 5.69 Å². The lowest BCUT2D eigenvalue weighted by Crippen LogP contribution is -2.25. The summed E-state index contributed by atoms with van der Waals surface area (Å²) in [7, 11) is 0. The summed E-state index contributed by atoms with van der Waals surface area (Å²) in [6, 6.07) is 5.01. The molecule has 78 valence electrons. The topological polar surface area (TPSA) is 57.6 Å². The standard InChI is InChI=1S/C11H11NO3/c1-7-3-2-4-9(14)11(7)12-6-8(13)5-10(12)15/h2-4,14H,5-6H2,1H3. The van der Waals surface area contributed by atoms with Crippen molar-refractivity contribution in [2.24, 2.45) is 0 Å². The highest BCUT2D eigenvalue weighted by atomic mass is 16.3. The number of carbonyl (C=O) groups is 2. The fourth-order valence-corrected chi connectivity index (χ4v) is 1.78. The summed E-state index contributed by atoms with van der Waals surface area (Å²) >= 11 is 0. The molecule has 1 aromatic rings. The van der Waals surface area contributed by atoms with E-state index in [-0.39, 0.29) is 30.4 Å². The first-order valence-electron chi connectivity index (χ1n) is 4.70. The summed E-state index contributed by atoms with van der Waals surface area (Å²) in [5, 5.41) is 9.65. The number of phenolic OH excluding ortho intramolecular Hbond substituents is 1. The Bertz CT molecular complexity index is 419.